The van der Waals surface area contributed by atoms with Gasteiger partial charge < -0.3 is 16.0 Å². The normalized spacial score (nSPS) is 14.5. The highest BCUT2D eigenvalue weighted by Gasteiger charge is 2.21. The molecular weight excluding hydrogens is 457 g/mol. The van der Waals surface area contributed by atoms with Crippen molar-refractivity contribution in [2.45, 2.75) is 26.8 Å². The number of rotatable bonds is 6. The summed E-state index contributed by atoms with van der Waals surface area (Å²) in [6, 6.07) is 13.9. The Morgan fingerprint density at radius 2 is 1.86 bits per heavy atom. The number of fused-ring (bicyclic) bond motifs is 1. The lowest BCUT2D eigenvalue weighted by molar-refractivity contribution is 0.100. The first-order chi connectivity index (χ1) is 17.3. The highest BCUT2D eigenvalue weighted by molar-refractivity contribution is 6.06. The molecule has 2 aromatic heterocycles. The number of benzene rings is 2. The minimum absolute atomic E-state index is 0.0348. The average Bonchev–Trinajstić information content (AvgIpc) is 3.25. The lowest BCUT2D eigenvalue weighted by atomic mass is 10.1. The van der Waals surface area contributed by atoms with Crippen LogP contribution in [0.3, 0.4) is 0 Å². The molecule has 1 saturated heterocycles. The van der Waals surface area contributed by atoms with E-state index >= 15 is 0 Å². The number of aromatic nitrogens is 3. The van der Waals surface area contributed by atoms with Crippen LogP contribution >= 0.6 is 0 Å². The zero-order valence-electron chi connectivity index (χ0n) is 20.7. The van der Waals surface area contributed by atoms with Crippen LogP contribution in [0.1, 0.15) is 29.8 Å². The van der Waals surface area contributed by atoms with Crippen LogP contribution in [0, 0.1) is 12.7 Å². The maximum Gasteiger partial charge on any atom is 0.250 e. The van der Waals surface area contributed by atoms with Crippen LogP contribution in [0.5, 0.6) is 0 Å². The van der Waals surface area contributed by atoms with Crippen molar-refractivity contribution in [1.29, 1.82) is 0 Å². The molecule has 0 radical (unpaired) electrons. The van der Waals surface area contributed by atoms with Crippen LogP contribution in [-0.4, -0.2) is 57.6 Å². The van der Waals surface area contributed by atoms with Gasteiger partial charge in [-0.15, -0.1) is 0 Å². The Balaban J connectivity index is 1.40. The number of piperazine rings is 1. The number of hydrogen-bond acceptors (Lipinski definition) is 6. The molecule has 0 unspecified atom stereocenters. The van der Waals surface area contributed by atoms with Crippen molar-refractivity contribution in [3.63, 3.8) is 0 Å². The molecule has 1 aliphatic rings. The topological polar surface area (TPSA) is 92.3 Å². The number of para-hydroxylation sites is 1. The predicted molar refractivity (Wildman–Crippen MR) is 141 cm³/mol. The standard InChI is InChI=1S/C27H30FN7O/c1-17(2)33-10-12-34(13-11-33)23-9-8-19(14-18(23)3)31-27-30-15-22(28)26(32-27)35-16-21(25(29)36)20-6-4-5-7-24(20)35/h4-9,14-17H,10-13H2,1-3H3,(H2,29,36)(H,30,31,32). The van der Waals surface area contributed by atoms with Crippen molar-refractivity contribution >= 4 is 34.1 Å². The van der Waals surface area contributed by atoms with E-state index in [2.05, 4.69) is 51.9 Å². The van der Waals surface area contributed by atoms with E-state index in [0.717, 1.165) is 43.6 Å². The molecule has 0 bridgehead atoms. The summed E-state index contributed by atoms with van der Waals surface area (Å²) in [5.74, 6) is -0.904. The number of carbonyl (C=O) groups excluding carboxylic acids is 1. The molecule has 4 aromatic rings. The van der Waals surface area contributed by atoms with E-state index in [0.29, 0.717) is 22.5 Å². The Labute approximate surface area is 209 Å². The van der Waals surface area contributed by atoms with Gasteiger partial charge in [0.15, 0.2) is 11.6 Å². The third-order valence-electron chi connectivity index (χ3n) is 6.77. The number of nitrogens with one attached hydrogen (secondary N) is 1. The van der Waals surface area contributed by atoms with Gasteiger partial charge in [-0.1, -0.05) is 18.2 Å². The molecule has 3 heterocycles. The van der Waals surface area contributed by atoms with Gasteiger partial charge in [-0.05, 0) is 50.6 Å². The van der Waals surface area contributed by atoms with Gasteiger partial charge in [0.2, 0.25) is 5.95 Å². The number of halogens is 1. The summed E-state index contributed by atoms with van der Waals surface area (Å²) in [6.07, 6.45) is 2.64. The van der Waals surface area contributed by atoms with Crippen molar-refractivity contribution < 1.29 is 9.18 Å². The number of amides is 1. The van der Waals surface area contributed by atoms with Gasteiger partial charge >= 0.3 is 0 Å². The minimum atomic E-state index is -0.607. The Morgan fingerprint density at radius 1 is 1.11 bits per heavy atom. The molecule has 1 aliphatic heterocycles. The molecule has 0 spiro atoms. The van der Waals surface area contributed by atoms with Gasteiger partial charge in [0.05, 0.1) is 17.3 Å². The van der Waals surface area contributed by atoms with Crippen molar-refractivity contribution in [2.75, 3.05) is 36.4 Å². The molecule has 1 amide bonds. The molecule has 1 fully saturated rings. The van der Waals surface area contributed by atoms with Gasteiger partial charge in [0.25, 0.3) is 5.91 Å². The fraction of sp³-hybridized carbons (Fsp3) is 0.296. The number of carbonyl (C=O) groups is 1. The molecule has 0 saturated carbocycles. The van der Waals surface area contributed by atoms with Crippen molar-refractivity contribution in [3.8, 4) is 5.82 Å². The van der Waals surface area contributed by atoms with Crippen LogP contribution in [-0.2, 0) is 0 Å². The second-order valence-corrected chi connectivity index (χ2v) is 9.40. The fourth-order valence-electron chi connectivity index (χ4n) is 4.83. The zero-order valence-corrected chi connectivity index (χ0v) is 20.7. The highest BCUT2D eigenvalue weighted by Crippen LogP contribution is 2.28. The summed E-state index contributed by atoms with van der Waals surface area (Å²) in [5.41, 5.74) is 9.64. The van der Waals surface area contributed by atoms with Crippen molar-refractivity contribution in [1.82, 2.24) is 19.4 Å². The summed E-state index contributed by atoms with van der Waals surface area (Å²) in [7, 11) is 0. The summed E-state index contributed by atoms with van der Waals surface area (Å²) in [5, 5.41) is 3.83. The van der Waals surface area contributed by atoms with E-state index in [4.69, 9.17) is 5.73 Å². The molecule has 0 atom stereocenters. The molecular formula is C27H30FN7O. The van der Waals surface area contributed by atoms with E-state index < -0.39 is 11.7 Å². The molecule has 0 aliphatic carbocycles. The molecule has 186 valence electrons. The summed E-state index contributed by atoms with van der Waals surface area (Å²) in [4.78, 5) is 25.4. The third-order valence-corrected chi connectivity index (χ3v) is 6.77. The minimum Gasteiger partial charge on any atom is -0.369 e. The SMILES string of the molecule is Cc1cc(Nc2ncc(F)c(-n3cc(C(N)=O)c4ccccc43)n2)ccc1N1CCN(C(C)C)CC1. The Bertz CT molecular complexity index is 1420. The van der Waals surface area contributed by atoms with Crippen LogP contribution in [0.25, 0.3) is 16.7 Å². The van der Waals surface area contributed by atoms with E-state index in [1.54, 1.807) is 18.2 Å². The Kier molecular flexibility index (Phi) is 6.32. The second-order valence-electron chi connectivity index (χ2n) is 9.40. The highest BCUT2D eigenvalue weighted by atomic mass is 19.1. The van der Waals surface area contributed by atoms with Gasteiger partial charge in [-0.25, -0.2) is 9.37 Å². The monoisotopic (exact) mass is 487 g/mol. The lowest BCUT2D eigenvalue weighted by Gasteiger charge is -2.38. The van der Waals surface area contributed by atoms with Crippen LogP contribution in [0.4, 0.5) is 21.7 Å². The van der Waals surface area contributed by atoms with Gasteiger partial charge in [-0.2, -0.15) is 4.98 Å². The first-order valence-corrected chi connectivity index (χ1v) is 12.1. The molecule has 3 N–H and O–H groups in total. The van der Waals surface area contributed by atoms with Crippen LogP contribution in [0.15, 0.2) is 54.9 Å². The first kappa shape index (κ1) is 23.7. The van der Waals surface area contributed by atoms with E-state index in [1.807, 2.05) is 18.2 Å². The van der Waals surface area contributed by atoms with Crippen molar-refractivity contribution in [2.24, 2.45) is 5.73 Å². The van der Waals surface area contributed by atoms with E-state index in [-0.39, 0.29) is 11.8 Å². The fourth-order valence-corrected chi connectivity index (χ4v) is 4.83. The smallest absolute Gasteiger partial charge is 0.250 e. The summed E-state index contributed by atoms with van der Waals surface area (Å²) >= 11 is 0. The number of aryl methyl sites for hydroxylation is 1. The number of nitrogens with zero attached hydrogens (tertiary/aromatic N) is 5. The summed E-state index contributed by atoms with van der Waals surface area (Å²) < 4.78 is 16.4. The van der Waals surface area contributed by atoms with Crippen LogP contribution in [0.2, 0.25) is 0 Å². The van der Waals surface area contributed by atoms with Gasteiger partial charge in [0.1, 0.15) is 0 Å². The summed E-state index contributed by atoms with van der Waals surface area (Å²) in [6.45, 7) is 10.6. The third kappa shape index (κ3) is 4.49. The zero-order chi connectivity index (χ0) is 25.4. The molecule has 8 nitrogen and oxygen atoms in total. The number of hydrogen-bond donors (Lipinski definition) is 2. The lowest BCUT2D eigenvalue weighted by Crippen LogP contribution is -2.49. The molecule has 2 aromatic carbocycles. The molecule has 5 rings (SSSR count). The largest absolute Gasteiger partial charge is 0.369 e. The van der Waals surface area contributed by atoms with Gasteiger partial charge in [0, 0.05) is 55.2 Å². The Morgan fingerprint density at radius 3 is 2.56 bits per heavy atom. The maximum atomic E-state index is 14.8. The predicted octanol–water partition coefficient (Wildman–Crippen LogP) is 4.24. The average molecular weight is 488 g/mol. The van der Waals surface area contributed by atoms with Gasteiger partial charge in [-0.3, -0.25) is 14.3 Å². The Hall–Kier alpha value is -3.98. The number of primary amides is 1. The maximum absolute atomic E-state index is 14.8. The number of nitrogens with two attached hydrogens (primary N) is 1. The second kappa shape index (κ2) is 9.58. The molecule has 36 heavy (non-hydrogen) atoms. The van der Waals surface area contributed by atoms with E-state index in [9.17, 15) is 9.18 Å². The quantitative estimate of drug-likeness (QED) is 0.423. The molecule has 9 heteroatoms. The van der Waals surface area contributed by atoms with E-state index in [1.165, 1.54) is 16.5 Å². The first-order valence-electron chi connectivity index (χ1n) is 12.1. The van der Waals surface area contributed by atoms with Crippen molar-refractivity contribution in [3.05, 3.63) is 71.8 Å². The number of anilines is 3. The van der Waals surface area contributed by atoms with Crippen LogP contribution < -0.4 is 16.0 Å².